The van der Waals surface area contributed by atoms with Crippen molar-refractivity contribution in [3.8, 4) is 6.07 Å². The molecule has 1 aliphatic rings. The molecular weight excluding hydrogens is 180 g/mol. The lowest BCUT2D eigenvalue weighted by molar-refractivity contribution is 0.437. The first-order chi connectivity index (χ1) is 6.42. The van der Waals surface area contributed by atoms with Crippen molar-refractivity contribution in [2.75, 3.05) is 0 Å². The summed E-state index contributed by atoms with van der Waals surface area (Å²) in [6.45, 7) is 0. The molecule has 2 nitrogen and oxygen atoms in total. The molecule has 1 fully saturated rings. The van der Waals surface area contributed by atoms with E-state index in [1.54, 1.807) is 5.51 Å². The number of rotatable bonds is 1. The summed E-state index contributed by atoms with van der Waals surface area (Å²) in [4.78, 5) is 5.13. The van der Waals surface area contributed by atoms with Gasteiger partial charge >= 0.3 is 0 Å². The summed E-state index contributed by atoms with van der Waals surface area (Å²) in [5, 5.41) is 8.86. The Balaban J connectivity index is 2.19. The zero-order valence-corrected chi connectivity index (χ0v) is 8.31. The monoisotopic (exact) mass is 192 g/mol. The van der Waals surface area contributed by atoms with Crippen LogP contribution in [-0.2, 0) is 0 Å². The summed E-state index contributed by atoms with van der Waals surface area (Å²) >= 11 is 1.47. The van der Waals surface area contributed by atoms with E-state index in [1.807, 2.05) is 0 Å². The van der Waals surface area contributed by atoms with E-state index in [4.69, 9.17) is 5.26 Å². The Bertz CT molecular complexity index is 318. The van der Waals surface area contributed by atoms with E-state index in [2.05, 4.69) is 11.1 Å². The summed E-state index contributed by atoms with van der Waals surface area (Å²) in [6, 6.07) is 2.23. The van der Waals surface area contributed by atoms with E-state index < -0.39 is 0 Å². The lowest BCUT2D eigenvalue weighted by Gasteiger charge is -2.19. The third-order valence-electron chi connectivity index (χ3n) is 2.69. The van der Waals surface area contributed by atoms with Crippen LogP contribution >= 0.6 is 11.3 Å². The van der Waals surface area contributed by atoms with Crippen LogP contribution in [-0.4, -0.2) is 4.98 Å². The van der Waals surface area contributed by atoms with Gasteiger partial charge in [0.25, 0.3) is 0 Å². The first-order valence-electron chi connectivity index (χ1n) is 4.75. The quantitative estimate of drug-likeness (QED) is 0.685. The lowest BCUT2D eigenvalue weighted by atomic mass is 9.86. The Morgan fingerprint density at radius 3 is 2.85 bits per heavy atom. The van der Waals surface area contributed by atoms with E-state index in [0.717, 1.165) is 10.6 Å². The van der Waals surface area contributed by atoms with Crippen LogP contribution in [0.1, 0.15) is 48.6 Å². The second-order valence-corrected chi connectivity index (χ2v) is 4.37. The second-order valence-electron chi connectivity index (χ2n) is 3.51. The Kier molecular flexibility index (Phi) is 2.60. The van der Waals surface area contributed by atoms with Gasteiger partial charge in [0.1, 0.15) is 10.9 Å². The third-order valence-corrected chi connectivity index (χ3v) is 3.44. The highest BCUT2D eigenvalue weighted by Gasteiger charge is 2.20. The zero-order valence-electron chi connectivity index (χ0n) is 7.49. The maximum absolute atomic E-state index is 8.86. The van der Waals surface area contributed by atoms with Crippen molar-refractivity contribution in [3.63, 3.8) is 0 Å². The number of nitriles is 1. The van der Waals surface area contributed by atoms with E-state index in [0.29, 0.717) is 5.92 Å². The van der Waals surface area contributed by atoms with Crippen LogP contribution in [0.3, 0.4) is 0 Å². The van der Waals surface area contributed by atoms with Crippen molar-refractivity contribution in [2.45, 2.75) is 38.0 Å². The average molecular weight is 192 g/mol. The van der Waals surface area contributed by atoms with Gasteiger partial charge in [0.15, 0.2) is 0 Å². The van der Waals surface area contributed by atoms with E-state index in [9.17, 15) is 0 Å². The highest BCUT2D eigenvalue weighted by molar-refractivity contribution is 7.10. The lowest BCUT2D eigenvalue weighted by Crippen LogP contribution is -2.05. The normalized spacial score (nSPS) is 18.4. The molecule has 0 N–H and O–H groups in total. The number of hydrogen-bond acceptors (Lipinski definition) is 3. The summed E-state index contributed by atoms with van der Waals surface area (Å²) in [5.74, 6) is 0.564. The van der Waals surface area contributed by atoms with Gasteiger partial charge in [0.2, 0.25) is 0 Å². The van der Waals surface area contributed by atoms with Crippen LogP contribution in [0.5, 0.6) is 0 Å². The predicted molar refractivity (Wildman–Crippen MR) is 52.7 cm³/mol. The van der Waals surface area contributed by atoms with E-state index >= 15 is 0 Å². The van der Waals surface area contributed by atoms with Crippen molar-refractivity contribution in [1.29, 1.82) is 5.26 Å². The second kappa shape index (κ2) is 3.89. The summed E-state index contributed by atoms with van der Waals surface area (Å²) in [7, 11) is 0. The molecule has 68 valence electrons. The van der Waals surface area contributed by atoms with Crippen LogP contribution in [0.25, 0.3) is 0 Å². The van der Waals surface area contributed by atoms with Gasteiger partial charge in [-0.05, 0) is 12.8 Å². The molecule has 13 heavy (non-hydrogen) atoms. The molecule has 0 atom stereocenters. The number of thiazole rings is 1. The van der Waals surface area contributed by atoms with Crippen LogP contribution in [0, 0.1) is 11.3 Å². The minimum Gasteiger partial charge on any atom is -0.248 e. The number of hydrogen-bond donors (Lipinski definition) is 0. The van der Waals surface area contributed by atoms with Gasteiger partial charge in [0, 0.05) is 5.92 Å². The van der Waals surface area contributed by atoms with Crippen LogP contribution in [0.2, 0.25) is 0 Å². The van der Waals surface area contributed by atoms with Crippen molar-refractivity contribution >= 4 is 11.3 Å². The van der Waals surface area contributed by atoms with Gasteiger partial charge in [-0.2, -0.15) is 5.26 Å². The molecule has 3 heteroatoms. The van der Waals surface area contributed by atoms with Crippen LogP contribution < -0.4 is 0 Å². The topological polar surface area (TPSA) is 36.7 Å². The Hall–Kier alpha value is -0.880. The van der Waals surface area contributed by atoms with Crippen LogP contribution in [0.15, 0.2) is 5.51 Å². The van der Waals surface area contributed by atoms with Gasteiger partial charge in [-0.15, -0.1) is 11.3 Å². The SMILES string of the molecule is N#Cc1scnc1C1CCCCC1. The van der Waals surface area contributed by atoms with Crippen molar-refractivity contribution in [2.24, 2.45) is 0 Å². The molecule has 1 aromatic heterocycles. The molecule has 0 aliphatic heterocycles. The highest BCUT2D eigenvalue weighted by Crippen LogP contribution is 2.34. The smallest absolute Gasteiger partial charge is 0.128 e. The van der Waals surface area contributed by atoms with Gasteiger partial charge in [0.05, 0.1) is 11.2 Å². The molecule has 1 aliphatic carbocycles. The maximum Gasteiger partial charge on any atom is 0.128 e. The fraction of sp³-hybridized carbons (Fsp3) is 0.600. The Labute approximate surface area is 82.2 Å². The molecule has 1 heterocycles. The van der Waals surface area contributed by atoms with Crippen molar-refractivity contribution < 1.29 is 0 Å². The molecule has 0 unspecified atom stereocenters. The third kappa shape index (κ3) is 1.73. The molecule has 1 aromatic rings. The molecule has 0 bridgehead atoms. The van der Waals surface area contributed by atoms with Gasteiger partial charge < -0.3 is 0 Å². The summed E-state index contributed by atoms with van der Waals surface area (Å²) in [6.07, 6.45) is 6.39. The minimum atomic E-state index is 0.564. The minimum absolute atomic E-state index is 0.564. The summed E-state index contributed by atoms with van der Waals surface area (Å²) in [5.41, 5.74) is 2.86. The Morgan fingerprint density at radius 2 is 2.15 bits per heavy atom. The number of aromatic nitrogens is 1. The highest BCUT2D eigenvalue weighted by atomic mass is 32.1. The fourth-order valence-electron chi connectivity index (χ4n) is 2.01. The van der Waals surface area contributed by atoms with Gasteiger partial charge in [-0.3, -0.25) is 0 Å². The van der Waals surface area contributed by atoms with Gasteiger partial charge in [-0.25, -0.2) is 4.98 Å². The standard InChI is InChI=1S/C10H12N2S/c11-6-9-10(12-7-13-9)8-4-2-1-3-5-8/h7-8H,1-5H2. The zero-order chi connectivity index (χ0) is 9.10. The molecule has 0 spiro atoms. The van der Waals surface area contributed by atoms with Crippen LogP contribution in [0.4, 0.5) is 0 Å². The van der Waals surface area contributed by atoms with Crippen molar-refractivity contribution in [1.82, 2.24) is 4.98 Å². The molecular formula is C10H12N2S. The number of nitrogens with zero attached hydrogens (tertiary/aromatic N) is 2. The van der Waals surface area contributed by atoms with E-state index in [-0.39, 0.29) is 0 Å². The largest absolute Gasteiger partial charge is 0.248 e. The fourth-order valence-corrected chi connectivity index (χ4v) is 2.67. The maximum atomic E-state index is 8.86. The van der Waals surface area contributed by atoms with Crippen molar-refractivity contribution in [3.05, 3.63) is 16.1 Å². The Morgan fingerprint density at radius 1 is 1.38 bits per heavy atom. The molecule has 0 saturated heterocycles. The molecule has 0 radical (unpaired) electrons. The average Bonchev–Trinajstić information content (AvgIpc) is 2.67. The molecule has 1 saturated carbocycles. The van der Waals surface area contributed by atoms with E-state index in [1.165, 1.54) is 43.4 Å². The predicted octanol–water partition coefficient (Wildman–Crippen LogP) is 3.06. The first kappa shape index (κ1) is 8.71. The molecule has 0 amide bonds. The summed E-state index contributed by atoms with van der Waals surface area (Å²) < 4.78 is 0. The first-order valence-corrected chi connectivity index (χ1v) is 5.63. The molecule has 0 aromatic carbocycles. The van der Waals surface area contributed by atoms with Gasteiger partial charge in [-0.1, -0.05) is 19.3 Å². The molecule has 2 rings (SSSR count).